The number of hydrogen-bond donors (Lipinski definition) is 1. The van der Waals surface area contributed by atoms with Crippen molar-refractivity contribution >= 4 is 17.4 Å². The van der Waals surface area contributed by atoms with E-state index in [9.17, 15) is 9.90 Å². The van der Waals surface area contributed by atoms with Crippen molar-refractivity contribution in [3.63, 3.8) is 0 Å². The normalized spacial score (nSPS) is 11.3. The van der Waals surface area contributed by atoms with Crippen molar-refractivity contribution in [2.45, 2.75) is 19.4 Å². The molecule has 0 heterocycles. The first kappa shape index (κ1) is 12.0. The van der Waals surface area contributed by atoms with Gasteiger partial charge in [0, 0.05) is 5.02 Å². The number of ketones is 1. The van der Waals surface area contributed by atoms with Crippen LogP contribution in [0.3, 0.4) is 0 Å². The van der Waals surface area contributed by atoms with E-state index in [0.717, 1.165) is 0 Å². The molecule has 1 N–H and O–H groups in total. The Labute approximate surface area is 93.6 Å². The van der Waals surface area contributed by atoms with Gasteiger partial charge in [0.1, 0.15) is 11.4 Å². The molecule has 15 heavy (non-hydrogen) atoms. The van der Waals surface area contributed by atoms with Gasteiger partial charge in [-0.2, -0.15) is 0 Å². The molecule has 0 aromatic heterocycles. The van der Waals surface area contributed by atoms with Crippen LogP contribution in [0.5, 0.6) is 5.75 Å². The molecule has 0 unspecified atom stereocenters. The molecule has 0 aliphatic rings. The standard InChI is InChI=1S/C11H13ClO3/c1-11(2,14)10(13)8-6-7(12)4-5-9(8)15-3/h4-6,14H,1-3H3. The number of benzene rings is 1. The smallest absolute Gasteiger partial charge is 0.197 e. The average Bonchev–Trinajstić information content (AvgIpc) is 2.15. The van der Waals surface area contributed by atoms with Crippen molar-refractivity contribution in [1.29, 1.82) is 0 Å². The summed E-state index contributed by atoms with van der Waals surface area (Å²) in [5.74, 6) is -0.00613. The zero-order chi connectivity index (χ0) is 11.6. The lowest BCUT2D eigenvalue weighted by Gasteiger charge is -2.17. The zero-order valence-corrected chi connectivity index (χ0v) is 9.63. The van der Waals surface area contributed by atoms with E-state index < -0.39 is 11.4 Å². The molecule has 0 atom stereocenters. The SMILES string of the molecule is COc1ccc(Cl)cc1C(=O)C(C)(C)O. The van der Waals surface area contributed by atoms with Crippen LogP contribution in [0, 0.1) is 0 Å². The maximum absolute atomic E-state index is 11.8. The number of hydrogen-bond acceptors (Lipinski definition) is 3. The summed E-state index contributed by atoms with van der Waals surface area (Å²) in [6, 6.07) is 4.71. The van der Waals surface area contributed by atoms with Crippen molar-refractivity contribution in [3.8, 4) is 5.75 Å². The first-order chi connectivity index (χ1) is 6.86. The highest BCUT2D eigenvalue weighted by Crippen LogP contribution is 2.26. The maximum Gasteiger partial charge on any atom is 0.197 e. The molecule has 0 aliphatic heterocycles. The van der Waals surface area contributed by atoms with Crippen LogP contribution in [-0.2, 0) is 0 Å². The van der Waals surface area contributed by atoms with Gasteiger partial charge in [0.15, 0.2) is 5.78 Å². The van der Waals surface area contributed by atoms with E-state index in [2.05, 4.69) is 0 Å². The molecule has 0 spiro atoms. The fraction of sp³-hybridized carbons (Fsp3) is 0.364. The maximum atomic E-state index is 11.8. The van der Waals surface area contributed by atoms with Crippen LogP contribution in [0.1, 0.15) is 24.2 Å². The molecule has 0 fully saturated rings. The predicted molar refractivity (Wildman–Crippen MR) is 58.6 cm³/mol. The Kier molecular flexibility index (Phi) is 3.37. The molecule has 0 radical (unpaired) electrons. The number of carbonyl (C=O) groups excluding carboxylic acids is 1. The Morgan fingerprint density at radius 1 is 1.47 bits per heavy atom. The van der Waals surface area contributed by atoms with Crippen LogP contribution in [0.2, 0.25) is 5.02 Å². The highest BCUT2D eigenvalue weighted by molar-refractivity contribution is 6.31. The summed E-state index contributed by atoms with van der Waals surface area (Å²) in [5, 5.41) is 10.0. The van der Waals surface area contributed by atoms with E-state index in [1.807, 2.05) is 0 Å². The van der Waals surface area contributed by atoms with Crippen molar-refractivity contribution in [2.75, 3.05) is 7.11 Å². The molecule has 0 bridgehead atoms. The van der Waals surface area contributed by atoms with Gasteiger partial charge in [0.25, 0.3) is 0 Å². The predicted octanol–water partition coefficient (Wildman–Crippen LogP) is 2.30. The third-order valence-electron chi connectivity index (χ3n) is 1.96. The fourth-order valence-electron chi connectivity index (χ4n) is 1.19. The van der Waals surface area contributed by atoms with Crippen LogP contribution in [0.4, 0.5) is 0 Å². The second-order valence-corrected chi connectivity index (χ2v) is 4.17. The number of ether oxygens (including phenoxy) is 1. The van der Waals surface area contributed by atoms with Crippen molar-refractivity contribution < 1.29 is 14.6 Å². The van der Waals surface area contributed by atoms with E-state index in [-0.39, 0.29) is 5.56 Å². The van der Waals surface area contributed by atoms with Gasteiger partial charge in [0.05, 0.1) is 12.7 Å². The van der Waals surface area contributed by atoms with Gasteiger partial charge in [0.2, 0.25) is 0 Å². The second kappa shape index (κ2) is 4.21. The molecule has 0 aliphatic carbocycles. The topological polar surface area (TPSA) is 46.5 Å². The Bertz CT molecular complexity index is 380. The Balaban J connectivity index is 3.23. The van der Waals surface area contributed by atoms with Crippen molar-refractivity contribution in [2.24, 2.45) is 0 Å². The Hall–Kier alpha value is -1.06. The van der Waals surface area contributed by atoms with Gasteiger partial charge in [-0.1, -0.05) is 11.6 Å². The number of halogens is 1. The molecule has 1 aromatic carbocycles. The summed E-state index contributed by atoms with van der Waals surface area (Å²) < 4.78 is 5.03. The minimum atomic E-state index is -1.43. The summed E-state index contributed by atoms with van der Waals surface area (Å²) in [5.41, 5.74) is -1.14. The lowest BCUT2D eigenvalue weighted by atomic mass is 9.96. The van der Waals surface area contributed by atoms with Gasteiger partial charge in [-0.25, -0.2) is 0 Å². The summed E-state index contributed by atoms with van der Waals surface area (Å²) in [6.45, 7) is 2.85. The first-order valence-electron chi connectivity index (χ1n) is 4.47. The minimum absolute atomic E-state index is 0.289. The third-order valence-corrected chi connectivity index (χ3v) is 2.20. The molecular formula is C11H13ClO3. The molecule has 0 saturated carbocycles. The van der Waals surface area contributed by atoms with E-state index in [1.54, 1.807) is 12.1 Å². The Morgan fingerprint density at radius 3 is 2.53 bits per heavy atom. The van der Waals surface area contributed by atoms with Crippen molar-refractivity contribution in [1.82, 2.24) is 0 Å². The first-order valence-corrected chi connectivity index (χ1v) is 4.85. The van der Waals surface area contributed by atoms with E-state index in [0.29, 0.717) is 10.8 Å². The second-order valence-electron chi connectivity index (χ2n) is 3.73. The monoisotopic (exact) mass is 228 g/mol. The molecule has 1 aromatic rings. The van der Waals surface area contributed by atoms with Crippen LogP contribution >= 0.6 is 11.6 Å². The fourth-order valence-corrected chi connectivity index (χ4v) is 1.36. The third kappa shape index (κ3) is 2.70. The number of aliphatic hydroxyl groups is 1. The molecule has 0 saturated heterocycles. The summed E-state index contributed by atoms with van der Waals surface area (Å²) in [4.78, 5) is 11.8. The van der Waals surface area contributed by atoms with Crippen LogP contribution in [-0.4, -0.2) is 23.6 Å². The number of carbonyl (C=O) groups is 1. The molecule has 82 valence electrons. The van der Waals surface area contributed by atoms with Gasteiger partial charge in [-0.05, 0) is 32.0 Å². The summed E-state index contributed by atoms with van der Waals surface area (Å²) in [7, 11) is 1.46. The van der Waals surface area contributed by atoms with Gasteiger partial charge in [-0.3, -0.25) is 4.79 Å². The highest BCUT2D eigenvalue weighted by atomic mass is 35.5. The lowest BCUT2D eigenvalue weighted by molar-refractivity contribution is 0.0485. The Morgan fingerprint density at radius 2 is 2.07 bits per heavy atom. The minimum Gasteiger partial charge on any atom is -0.496 e. The summed E-state index contributed by atoms with van der Waals surface area (Å²) in [6.07, 6.45) is 0. The van der Waals surface area contributed by atoms with E-state index in [1.165, 1.54) is 27.0 Å². The lowest BCUT2D eigenvalue weighted by Crippen LogP contribution is -2.31. The number of rotatable bonds is 3. The largest absolute Gasteiger partial charge is 0.496 e. The summed E-state index contributed by atoms with van der Waals surface area (Å²) >= 11 is 5.78. The van der Waals surface area contributed by atoms with Gasteiger partial charge in [-0.15, -0.1) is 0 Å². The molecule has 4 heteroatoms. The molecule has 3 nitrogen and oxygen atoms in total. The zero-order valence-electron chi connectivity index (χ0n) is 8.87. The molecule has 0 amide bonds. The van der Waals surface area contributed by atoms with Crippen molar-refractivity contribution in [3.05, 3.63) is 28.8 Å². The number of Topliss-reactive ketones (excluding diaryl/α,β-unsaturated/α-hetero) is 1. The quantitative estimate of drug-likeness (QED) is 0.808. The van der Waals surface area contributed by atoms with Crippen LogP contribution in [0.25, 0.3) is 0 Å². The molecule has 1 rings (SSSR count). The van der Waals surface area contributed by atoms with Gasteiger partial charge >= 0.3 is 0 Å². The van der Waals surface area contributed by atoms with Crippen LogP contribution in [0.15, 0.2) is 18.2 Å². The average molecular weight is 229 g/mol. The van der Waals surface area contributed by atoms with Gasteiger partial charge < -0.3 is 9.84 Å². The molecular weight excluding hydrogens is 216 g/mol. The number of methoxy groups -OCH3 is 1. The highest BCUT2D eigenvalue weighted by Gasteiger charge is 2.27. The van der Waals surface area contributed by atoms with E-state index >= 15 is 0 Å². The van der Waals surface area contributed by atoms with E-state index in [4.69, 9.17) is 16.3 Å². The van der Waals surface area contributed by atoms with Crippen LogP contribution < -0.4 is 4.74 Å².